The Morgan fingerprint density at radius 2 is 2.17 bits per heavy atom. The normalized spacial score (nSPS) is 10.3. The average molecular weight is 250 g/mol. The van der Waals surface area contributed by atoms with Crippen LogP contribution in [0.4, 0.5) is 5.82 Å². The maximum atomic E-state index is 11.7. The fourth-order valence-corrected chi connectivity index (χ4v) is 1.39. The smallest absolute Gasteiger partial charge is 0.374 e. The molecule has 0 unspecified atom stereocenters. The zero-order valence-electron chi connectivity index (χ0n) is 9.67. The number of hydrogen-bond acceptors (Lipinski definition) is 5. The van der Waals surface area contributed by atoms with Gasteiger partial charge in [0, 0.05) is 19.2 Å². The summed E-state index contributed by atoms with van der Waals surface area (Å²) in [5, 5.41) is 18.6. The van der Waals surface area contributed by atoms with Crippen molar-refractivity contribution in [3.05, 3.63) is 29.3 Å². The highest BCUT2D eigenvalue weighted by atomic mass is 16.5. The summed E-state index contributed by atoms with van der Waals surface area (Å²) >= 11 is 0. The molecule has 0 saturated carbocycles. The quantitative estimate of drug-likeness (QED) is 0.828. The molecule has 2 N–H and O–H groups in total. The van der Waals surface area contributed by atoms with Crippen LogP contribution in [0.3, 0.4) is 0 Å². The van der Waals surface area contributed by atoms with Crippen LogP contribution in [-0.2, 0) is 7.05 Å². The van der Waals surface area contributed by atoms with E-state index >= 15 is 0 Å². The van der Waals surface area contributed by atoms with E-state index in [2.05, 4.69) is 20.1 Å². The molecule has 0 bridgehead atoms. The molecule has 1 amide bonds. The summed E-state index contributed by atoms with van der Waals surface area (Å²) < 4.78 is 5.98. The Labute approximate surface area is 101 Å². The number of aromatic nitrogens is 3. The maximum absolute atomic E-state index is 11.7. The Bertz CT molecular complexity index is 613. The van der Waals surface area contributed by atoms with Gasteiger partial charge >= 0.3 is 5.97 Å². The van der Waals surface area contributed by atoms with Crippen molar-refractivity contribution in [3.8, 4) is 0 Å². The van der Waals surface area contributed by atoms with E-state index in [9.17, 15) is 9.59 Å². The van der Waals surface area contributed by atoms with Crippen LogP contribution >= 0.6 is 0 Å². The van der Waals surface area contributed by atoms with E-state index in [0.717, 1.165) is 11.8 Å². The molecule has 0 aliphatic heterocycles. The van der Waals surface area contributed by atoms with Crippen molar-refractivity contribution in [3.63, 3.8) is 0 Å². The number of aryl methyl sites for hydroxylation is 2. The molecular formula is C10H10N4O4. The topological polar surface area (TPSA) is 110 Å². The minimum absolute atomic E-state index is 0.105. The molecule has 2 aromatic heterocycles. The van der Waals surface area contributed by atoms with Gasteiger partial charge in [-0.3, -0.25) is 9.48 Å². The van der Waals surface area contributed by atoms with Crippen molar-refractivity contribution in [2.24, 2.45) is 7.05 Å². The van der Waals surface area contributed by atoms with Crippen molar-refractivity contribution in [1.82, 2.24) is 14.9 Å². The van der Waals surface area contributed by atoms with Gasteiger partial charge in [0.1, 0.15) is 5.82 Å². The highest BCUT2D eigenvalue weighted by molar-refractivity contribution is 6.03. The second-order valence-corrected chi connectivity index (χ2v) is 3.63. The summed E-state index contributed by atoms with van der Waals surface area (Å²) in [4.78, 5) is 22.3. The first kappa shape index (κ1) is 11.8. The molecule has 2 aromatic rings. The molecule has 0 aromatic carbocycles. The predicted molar refractivity (Wildman–Crippen MR) is 59.4 cm³/mol. The molecule has 94 valence electrons. The van der Waals surface area contributed by atoms with E-state index in [1.807, 2.05) is 0 Å². The zero-order valence-corrected chi connectivity index (χ0v) is 9.67. The molecule has 0 saturated heterocycles. The van der Waals surface area contributed by atoms with Crippen LogP contribution < -0.4 is 5.32 Å². The zero-order chi connectivity index (χ0) is 13.3. The van der Waals surface area contributed by atoms with E-state index in [4.69, 9.17) is 5.11 Å². The minimum atomic E-state index is -1.28. The average Bonchev–Trinajstić information content (AvgIpc) is 2.86. The van der Waals surface area contributed by atoms with Gasteiger partial charge in [-0.2, -0.15) is 5.10 Å². The molecule has 0 spiro atoms. The number of carbonyl (C=O) groups excluding carboxylic acids is 1. The Balaban J connectivity index is 2.16. The Kier molecular flexibility index (Phi) is 2.84. The first-order valence-corrected chi connectivity index (χ1v) is 4.99. The van der Waals surface area contributed by atoms with Gasteiger partial charge in [-0.25, -0.2) is 4.79 Å². The van der Waals surface area contributed by atoms with Crippen LogP contribution in [0.15, 0.2) is 16.7 Å². The van der Waals surface area contributed by atoms with Crippen LogP contribution in [0, 0.1) is 6.92 Å². The third-order valence-electron chi connectivity index (χ3n) is 2.20. The van der Waals surface area contributed by atoms with Gasteiger partial charge in [-0.1, -0.05) is 5.16 Å². The first-order valence-electron chi connectivity index (χ1n) is 4.99. The van der Waals surface area contributed by atoms with Gasteiger partial charge in [0.25, 0.3) is 5.91 Å². The van der Waals surface area contributed by atoms with Gasteiger partial charge in [0.15, 0.2) is 5.69 Å². The molecule has 18 heavy (non-hydrogen) atoms. The van der Waals surface area contributed by atoms with Crippen molar-refractivity contribution in [1.29, 1.82) is 0 Å². The third-order valence-corrected chi connectivity index (χ3v) is 2.20. The minimum Gasteiger partial charge on any atom is -0.475 e. The fourth-order valence-electron chi connectivity index (χ4n) is 1.39. The highest BCUT2D eigenvalue weighted by Gasteiger charge is 2.17. The van der Waals surface area contributed by atoms with E-state index in [-0.39, 0.29) is 11.5 Å². The molecule has 8 heteroatoms. The number of carbonyl (C=O) groups is 2. The predicted octanol–water partition coefficient (Wildman–Crippen LogP) is 0.667. The summed E-state index contributed by atoms with van der Waals surface area (Å²) in [6.07, 6.45) is 0. The summed E-state index contributed by atoms with van der Waals surface area (Å²) in [6, 6.07) is 2.73. The van der Waals surface area contributed by atoms with Gasteiger partial charge in [0.05, 0.1) is 5.69 Å². The molecule has 2 heterocycles. The Morgan fingerprint density at radius 3 is 2.67 bits per heavy atom. The molecule has 8 nitrogen and oxygen atoms in total. The largest absolute Gasteiger partial charge is 0.475 e. The number of amides is 1. The number of anilines is 1. The van der Waals surface area contributed by atoms with Crippen LogP contribution in [-0.4, -0.2) is 31.9 Å². The molecule has 0 aliphatic rings. The summed E-state index contributed by atoms with van der Waals surface area (Å²) in [6.45, 7) is 1.79. The van der Waals surface area contributed by atoms with E-state index in [1.165, 1.54) is 4.68 Å². The number of aromatic carboxylic acids is 1. The Morgan fingerprint density at radius 1 is 1.44 bits per heavy atom. The van der Waals surface area contributed by atoms with Crippen LogP contribution in [0.1, 0.15) is 26.7 Å². The van der Waals surface area contributed by atoms with Crippen LogP contribution in [0.2, 0.25) is 0 Å². The van der Waals surface area contributed by atoms with Crippen molar-refractivity contribution in [2.75, 3.05) is 5.32 Å². The van der Waals surface area contributed by atoms with Crippen molar-refractivity contribution < 1.29 is 19.2 Å². The fraction of sp³-hybridized carbons (Fsp3) is 0.200. The molecule has 0 fully saturated rings. The van der Waals surface area contributed by atoms with E-state index < -0.39 is 11.9 Å². The van der Waals surface area contributed by atoms with E-state index in [0.29, 0.717) is 5.82 Å². The molecule has 0 radical (unpaired) electrons. The first-order chi connectivity index (χ1) is 8.47. The van der Waals surface area contributed by atoms with Crippen LogP contribution in [0.5, 0.6) is 0 Å². The Hall–Kier alpha value is -2.64. The summed E-state index contributed by atoms with van der Waals surface area (Å²) in [5.74, 6) is -1.74. The number of nitrogens with zero attached hydrogens (tertiary/aromatic N) is 3. The summed E-state index contributed by atoms with van der Waals surface area (Å²) in [7, 11) is 1.67. The molecule has 0 atom stereocenters. The lowest BCUT2D eigenvalue weighted by Crippen LogP contribution is -2.14. The second-order valence-electron chi connectivity index (χ2n) is 3.63. The van der Waals surface area contributed by atoms with Crippen molar-refractivity contribution >= 4 is 17.7 Å². The lowest BCUT2D eigenvalue weighted by Gasteiger charge is -2.01. The summed E-state index contributed by atoms with van der Waals surface area (Å²) in [5.41, 5.74) is 0.644. The van der Waals surface area contributed by atoms with Gasteiger partial charge in [0.2, 0.25) is 5.76 Å². The lowest BCUT2D eigenvalue weighted by molar-refractivity contribution is 0.0651. The second kappa shape index (κ2) is 4.32. The lowest BCUT2D eigenvalue weighted by atomic mass is 10.3. The van der Waals surface area contributed by atoms with Gasteiger partial charge in [-0.15, -0.1) is 0 Å². The standard InChI is InChI=1S/C10H10N4O4/c1-5-3-8(14(2)12-5)11-9(15)6-4-7(10(16)17)18-13-6/h3-4H,1-2H3,(H,11,15)(H,16,17). The number of rotatable bonds is 3. The molecule has 2 rings (SSSR count). The number of nitrogens with one attached hydrogen (secondary N) is 1. The van der Waals surface area contributed by atoms with E-state index in [1.54, 1.807) is 20.0 Å². The third kappa shape index (κ3) is 2.21. The number of carboxylic acids is 1. The van der Waals surface area contributed by atoms with Gasteiger partial charge < -0.3 is 14.9 Å². The molecular weight excluding hydrogens is 240 g/mol. The number of hydrogen-bond donors (Lipinski definition) is 2. The van der Waals surface area contributed by atoms with Crippen LogP contribution in [0.25, 0.3) is 0 Å². The SMILES string of the molecule is Cc1cc(NC(=O)c2cc(C(=O)O)on2)n(C)n1. The number of carboxylic acid groups (broad SMARTS) is 1. The maximum Gasteiger partial charge on any atom is 0.374 e. The van der Waals surface area contributed by atoms with Gasteiger partial charge in [-0.05, 0) is 6.92 Å². The van der Waals surface area contributed by atoms with Crippen molar-refractivity contribution in [2.45, 2.75) is 6.92 Å². The monoisotopic (exact) mass is 250 g/mol. The highest BCUT2D eigenvalue weighted by Crippen LogP contribution is 2.10. The molecule has 0 aliphatic carbocycles.